The van der Waals surface area contributed by atoms with Crippen LogP contribution in [-0.2, 0) is 0 Å². The average molecular weight is 184 g/mol. The lowest BCUT2D eigenvalue weighted by molar-refractivity contribution is 1.16. The second-order valence-electron chi connectivity index (χ2n) is 1.85. The Hall–Kier alpha value is -1.01. The summed E-state index contributed by atoms with van der Waals surface area (Å²) in [7, 11) is 0. The van der Waals surface area contributed by atoms with Gasteiger partial charge >= 0.3 is 0 Å². The molecular formula is C5H4N4S2. The maximum absolute atomic E-state index is 5.46. The highest BCUT2D eigenvalue weighted by Crippen LogP contribution is 2.24. The SMILES string of the molecule is Nc1nc(-c2cnns2)cs1. The van der Waals surface area contributed by atoms with Crippen molar-refractivity contribution < 1.29 is 0 Å². The van der Waals surface area contributed by atoms with E-state index in [1.54, 1.807) is 6.20 Å². The van der Waals surface area contributed by atoms with Crippen LogP contribution in [0.1, 0.15) is 0 Å². The van der Waals surface area contributed by atoms with Gasteiger partial charge in [-0.25, -0.2) is 4.98 Å². The number of nitrogen functional groups attached to an aromatic ring is 1. The standard InChI is InChI=1S/C5H4N4S2/c6-5-8-3(2-10-5)4-1-7-9-11-4/h1-2H,(H2,6,8). The molecule has 2 aromatic heterocycles. The molecule has 0 unspecified atom stereocenters. The number of nitrogens with two attached hydrogens (primary N) is 1. The zero-order valence-corrected chi connectivity index (χ0v) is 7.02. The van der Waals surface area contributed by atoms with Crippen molar-refractivity contribution >= 4 is 28.0 Å². The summed E-state index contributed by atoms with van der Waals surface area (Å²) in [5.74, 6) is 0. The fourth-order valence-electron chi connectivity index (χ4n) is 0.681. The van der Waals surface area contributed by atoms with E-state index in [1.165, 1.54) is 22.9 Å². The zero-order chi connectivity index (χ0) is 7.68. The normalized spacial score (nSPS) is 10.2. The minimum atomic E-state index is 0.577. The number of hydrogen-bond acceptors (Lipinski definition) is 6. The van der Waals surface area contributed by atoms with Gasteiger partial charge in [-0.1, -0.05) is 4.49 Å². The van der Waals surface area contributed by atoms with E-state index in [1.807, 2.05) is 5.38 Å². The molecule has 6 heteroatoms. The van der Waals surface area contributed by atoms with E-state index in [0.717, 1.165) is 10.6 Å². The van der Waals surface area contributed by atoms with Gasteiger partial charge in [-0.15, -0.1) is 16.4 Å². The Balaban J connectivity index is 2.45. The predicted octanol–water partition coefficient (Wildman–Crippen LogP) is 1.24. The van der Waals surface area contributed by atoms with Gasteiger partial charge in [0.2, 0.25) is 0 Å². The molecule has 0 saturated heterocycles. The van der Waals surface area contributed by atoms with E-state index in [9.17, 15) is 0 Å². The molecular weight excluding hydrogens is 180 g/mol. The van der Waals surface area contributed by atoms with Gasteiger partial charge in [-0.3, -0.25) is 0 Å². The van der Waals surface area contributed by atoms with Crippen molar-refractivity contribution in [1.82, 2.24) is 14.6 Å². The van der Waals surface area contributed by atoms with Gasteiger partial charge in [-0.05, 0) is 11.5 Å². The quantitative estimate of drug-likeness (QED) is 0.724. The van der Waals surface area contributed by atoms with Crippen molar-refractivity contribution in [2.24, 2.45) is 0 Å². The van der Waals surface area contributed by atoms with Crippen molar-refractivity contribution in [3.05, 3.63) is 11.6 Å². The summed E-state index contributed by atoms with van der Waals surface area (Å²) in [6.45, 7) is 0. The summed E-state index contributed by atoms with van der Waals surface area (Å²) in [6.07, 6.45) is 1.68. The molecule has 11 heavy (non-hydrogen) atoms. The van der Waals surface area contributed by atoms with Crippen molar-refractivity contribution in [2.75, 3.05) is 5.73 Å². The molecule has 0 aliphatic heterocycles. The molecule has 0 saturated carbocycles. The molecule has 0 radical (unpaired) electrons. The van der Waals surface area contributed by atoms with E-state index < -0.39 is 0 Å². The molecule has 0 amide bonds. The van der Waals surface area contributed by atoms with Gasteiger partial charge in [0, 0.05) is 5.38 Å². The van der Waals surface area contributed by atoms with E-state index in [4.69, 9.17) is 5.73 Å². The van der Waals surface area contributed by atoms with Crippen molar-refractivity contribution in [3.63, 3.8) is 0 Å². The van der Waals surface area contributed by atoms with Gasteiger partial charge in [0.05, 0.1) is 16.8 Å². The van der Waals surface area contributed by atoms with E-state index in [2.05, 4.69) is 14.6 Å². The second-order valence-corrected chi connectivity index (χ2v) is 3.53. The number of anilines is 1. The Bertz CT molecular complexity index is 339. The number of aromatic nitrogens is 3. The van der Waals surface area contributed by atoms with Crippen LogP contribution in [0.4, 0.5) is 5.13 Å². The summed E-state index contributed by atoms with van der Waals surface area (Å²) < 4.78 is 3.72. The topological polar surface area (TPSA) is 64.7 Å². The maximum Gasteiger partial charge on any atom is 0.180 e. The number of thiazole rings is 1. The van der Waals surface area contributed by atoms with Crippen LogP contribution in [0.2, 0.25) is 0 Å². The molecule has 0 aliphatic rings. The minimum Gasteiger partial charge on any atom is -0.375 e. The molecule has 2 N–H and O–H groups in total. The first-order chi connectivity index (χ1) is 5.36. The van der Waals surface area contributed by atoms with E-state index in [-0.39, 0.29) is 0 Å². The predicted molar refractivity (Wildman–Crippen MR) is 45.4 cm³/mol. The summed E-state index contributed by atoms with van der Waals surface area (Å²) in [5.41, 5.74) is 6.32. The number of nitrogens with zero attached hydrogens (tertiary/aromatic N) is 3. The lowest BCUT2D eigenvalue weighted by Crippen LogP contribution is -1.80. The Morgan fingerprint density at radius 2 is 2.36 bits per heavy atom. The molecule has 0 fully saturated rings. The molecule has 0 spiro atoms. The first kappa shape index (κ1) is 6.68. The van der Waals surface area contributed by atoms with Gasteiger partial charge in [-0.2, -0.15) is 0 Å². The van der Waals surface area contributed by atoms with Crippen LogP contribution in [0, 0.1) is 0 Å². The van der Waals surface area contributed by atoms with Crippen LogP contribution in [0.15, 0.2) is 11.6 Å². The first-order valence-corrected chi connectivity index (χ1v) is 4.50. The fourth-order valence-corrected chi connectivity index (χ4v) is 1.79. The summed E-state index contributed by atoms with van der Waals surface area (Å²) in [6, 6.07) is 0. The van der Waals surface area contributed by atoms with Crippen LogP contribution in [0.3, 0.4) is 0 Å². The molecule has 0 aromatic carbocycles. The Morgan fingerprint density at radius 3 is 2.91 bits per heavy atom. The molecule has 0 aliphatic carbocycles. The summed E-state index contributed by atoms with van der Waals surface area (Å²) in [4.78, 5) is 5.04. The first-order valence-electron chi connectivity index (χ1n) is 2.85. The molecule has 0 atom stereocenters. The lowest BCUT2D eigenvalue weighted by Gasteiger charge is -1.82. The smallest absolute Gasteiger partial charge is 0.180 e. The van der Waals surface area contributed by atoms with Crippen LogP contribution in [-0.4, -0.2) is 14.6 Å². The van der Waals surface area contributed by atoms with Crippen molar-refractivity contribution in [2.45, 2.75) is 0 Å². The molecule has 2 aromatic rings. The van der Waals surface area contributed by atoms with E-state index >= 15 is 0 Å². The largest absolute Gasteiger partial charge is 0.375 e. The monoisotopic (exact) mass is 184 g/mol. The Labute approximate surface area is 70.9 Å². The molecule has 2 rings (SSSR count). The van der Waals surface area contributed by atoms with Crippen molar-refractivity contribution in [1.29, 1.82) is 0 Å². The lowest BCUT2D eigenvalue weighted by atomic mass is 10.4. The van der Waals surface area contributed by atoms with Crippen LogP contribution in [0.5, 0.6) is 0 Å². The number of hydrogen-bond donors (Lipinski definition) is 1. The molecule has 0 bridgehead atoms. The fraction of sp³-hybridized carbons (Fsp3) is 0. The minimum absolute atomic E-state index is 0.577. The Kier molecular flexibility index (Phi) is 1.55. The molecule has 4 nitrogen and oxygen atoms in total. The zero-order valence-electron chi connectivity index (χ0n) is 5.39. The van der Waals surface area contributed by atoms with Gasteiger partial charge in [0.15, 0.2) is 5.13 Å². The molecule has 2 heterocycles. The van der Waals surface area contributed by atoms with Crippen LogP contribution < -0.4 is 5.73 Å². The van der Waals surface area contributed by atoms with Gasteiger partial charge in [0.1, 0.15) is 0 Å². The second kappa shape index (κ2) is 2.55. The van der Waals surface area contributed by atoms with Gasteiger partial charge in [0.25, 0.3) is 0 Å². The Morgan fingerprint density at radius 1 is 1.45 bits per heavy atom. The molecule has 56 valence electrons. The average Bonchev–Trinajstić information content (AvgIpc) is 2.55. The van der Waals surface area contributed by atoms with Crippen LogP contribution in [0.25, 0.3) is 10.6 Å². The third-order valence-electron chi connectivity index (χ3n) is 1.14. The number of rotatable bonds is 1. The summed E-state index contributed by atoms with van der Waals surface area (Å²) >= 11 is 2.74. The summed E-state index contributed by atoms with van der Waals surface area (Å²) in [5, 5.41) is 6.17. The highest BCUT2D eigenvalue weighted by molar-refractivity contribution is 7.14. The third-order valence-corrected chi connectivity index (χ3v) is 2.50. The maximum atomic E-state index is 5.46. The van der Waals surface area contributed by atoms with Crippen molar-refractivity contribution in [3.8, 4) is 10.6 Å². The highest BCUT2D eigenvalue weighted by atomic mass is 32.1. The third kappa shape index (κ3) is 1.22. The highest BCUT2D eigenvalue weighted by Gasteiger charge is 2.03. The van der Waals surface area contributed by atoms with E-state index in [0.29, 0.717) is 5.13 Å². The van der Waals surface area contributed by atoms with Crippen LogP contribution >= 0.6 is 22.9 Å². The van der Waals surface area contributed by atoms with Gasteiger partial charge < -0.3 is 5.73 Å².